The molecule has 0 amide bonds. The summed E-state index contributed by atoms with van der Waals surface area (Å²) in [5.74, 6) is 0. The molecule has 0 aromatic carbocycles. The summed E-state index contributed by atoms with van der Waals surface area (Å²) in [5.41, 5.74) is 1.85. The molecular weight excluding hydrogens is 204 g/mol. The molecule has 0 spiro atoms. The molecule has 1 aromatic rings. The zero-order valence-corrected chi connectivity index (χ0v) is 10.7. The second-order valence-corrected chi connectivity index (χ2v) is 6.27. The van der Waals surface area contributed by atoms with Crippen molar-refractivity contribution in [1.29, 1.82) is 0 Å². The number of nitrogens with zero attached hydrogens (tertiary/aromatic N) is 1. The van der Waals surface area contributed by atoms with Crippen LogP contribution in [0.5, 0.6) is 0 Å². The summed E-state index contributed by atoms with van der Waals surface area (Å²) in [5, 5.41) is 4.61. The Labute approximate surface area is 96.1 Å². The normalized spacial score (nSPS) is 18.9. The first-order valence-electron chi connectivity index (χ1n) is 5.79. The van der Waals surface area contributed by atoms with E-state index < -0.39 is 0 Å². The van der Waals surface area contributed by atoms with Crippen molar-refractivity contribution in [2.75, 3.05) is 6.54 Å². The lowest BCUT2D eigenvalue weighted by Crippen LogP contribution is -2.20. The zero-order valence-electron chi connectivity index (χ0n) is 9.89. The van der Waals surface area contributed by atoms with Crippen molar-refractivity contribution in [3.8, 4) is 0 Å². The summed E-state index contributed by atoms with van der Waals surface area (Å²) in [6.07, 6.45) is 3.67. The Hall–Kier alpha value is -0.410. The van der Waals surface area contributed by atoms with Crippen molar-refractivity contribution in [3.63, 3.8) is 0 Å². The van der Waals surface area contributed by atoms with Gasteiger partial charge in [-0.05, 0) is 31.2 Å². The summed E-state index contributed by atoms with van der Waals surface area (Å²) in [4.78, 5) is 6.24. The van der Waals surface area contributed by atoms with Gasteiger partial charge in [-0.25, -0.2) is 4.98 Å². The predicted molar refractivity (Wildman–Crippen MR) is 65.3 cm³/mol. The highest BCUT2D eigenvalue weighted by Gasteiger charge is 2.27. The quantitative estimate of drug-likeness (QED) is 0.854. The minimum atomic E-state index is 0.481. The molecule has 0 saturated heterocycles. The molecule has 2 rings (SSSR count). The van der Waals surface area contributed by atoms with Gasteiger partial charge >= 0.3 is 0 Å². The highest BCUT2D eigenvalue weighted by molar-refractivity contribution is 7.11. The fourth-order valence-electron chi connectivity index (χ4n) is 2.06. The molecule has 1 heterocycles. The molecule has 2 nitrogen and oxygen atoms in total. The van der Waals surface area contributed by atoms with E-state index in [9.17, 15) is 0 Å². The molecule has 1 aromatic heterocycles. The van der Waals surface area contributed by atoms with Crippen molar-refractivity contribution in [1.82, 2.24) is 10.3 Å². The third-order valence-corrected chi connectivity index (χ3v) is 4.12. The van der Waals surface area contributed by atoms with Crippen molar-refractivity contribution in [2.45, 2.75) is 46.6 Å². The maximum absolute atomic E-state index is 4.71. The third kappa shape index (κ3) is 2.58. The van der Waals surface area contributed by atoms with E-state index >= 15 is 0 Å². The van der Waals surface area contributed by atoms with Crippen LogP contribution in [0.3, 0.4) is 0 Å². The highest BCUT2D eigenvalue weighted by Crippen LogP contribution is 2.37. The van der Waals surface area contributed by atoms with Gasteiger partial charge in [-0.1, -0.05) is 20.8 Å². The van der Waals surface area contributed by atoms with Crippen LogP contribution in [0, 0.1) is 5.41 Å². The minimum Gasteiger partial charge on any atom is -0.311 e. The number of thiazole rings is 1. The average Bonchev–Trinajstić information content (AvgIpc) is 2.55. The average molecular weight is 224 g/mol. The first-order valence-corrected chi connectivity index (χ1v) is 6.60. The number of rotatable bonds is 3. The molecule has 0 unspecified atom stereocenters. The number of aryl methyl sites for hydroxylation is 1. The van der Waals surface area contributed by atoms with Gasteiger partial charge in [0.1, 0.15) is 5.01 Å². The molecule has 0 radical (unpaired) electrons. The molecular formula is C12H20N2S. The van der Waals surface area contributed by atoms with Gasteiger partial charge in [0, 0.05) is 11.4 Å². The summed E-state index contributed by atoms with van der Waals surface area (Å²) in [6.45, 7) is 8.82. The standard InChI is InChI=1S/C12H20N2S/c1-4-13-8-11-14-9-5-6-12(2,3)7-10(9)15-11/h13H,4-8H2,1-3H3. The Morgan fingerprint density at radius 3 is 3.00 bits per heavy atom. The fourth-order valence-corrected chi connectivity index (χ4v) is 3.40. The molecule has 0 saturated carbocycles. The second kappa shape index (κ2) is 4.22. The van der Waals surface area contributed by atoms with E-state index in [0.717, 1.165) is 13.1 Å². The first-order chi connectivity index (χ1) is 7.11. The second-order valence-electron chi connectivity index (χ2n) is 5.10. The largest absolute Gasteiger partial charge is 0.311 e. The highest BCUT2D eigenvalue weighted by atomic mass is 32.1. The molecule has 0 atom stereocenters. The Morgan fingerprint density at radius 2 is 2.27 bits per heavy atom. The fraction of sp³-hybridized carbons (Fsp3) is 0.750. The van der Waals surface area contributed by atoms with E-state index in [4.69, 9.17) is 4.98 Å². The smallest absolute Gasteiger partial charge is 0.107 e. The maximum atomic E-state index is 4.71. The summed E-state index contributed by atoms with van der Waals surface area (Å²) in [7, 11) is 0. The van der Waals surface area contributed by atoms with Crippen LogP contribution in [-0.4, -0.2) is 11.5 Å². The third-order valence-electron chi connectivity index (χ3n) is 3.03. The van der Waals surface area contributed by atoms with Crippen LogP contribution in [0.1, 0.15) is 42.8 Å². The Morgan fingerprint density at radius 1 is 1.47 bits per heavy atom. The predicted octanol–water partition coefficient (Wildman–Crippen LogP) is 2.77. The van der Waals surface area contributed by atoms with E-state index in [1.54, 1.807) is 0 Å². The van der Waals surface area contributed by atoms with Crippen LogP contribution in [-0.2, 0) is 19.4 Å². The number of aromatic nitrogens is 1. The number of hydrogen-bond acceptors (Lipinski definition) is 3. The minimum absolute atomic E-state index is 0.481. The molecule has 0 fully saturated rings. The lowest BCUT2D eigenvalue weighted by atomic mass is 9.79. The van der Waals surface area contributed by atoms with Gasteiger partial charge < -0.3 is 5.32 Å². The van der Waals surface area contributed by atoms with Crippen LogP contribution < -0.4 is 5.32 Å². The van der Waals surface area contributed by atoms with Crippen molar-refractivity contribution < 1.29 is 0 Å². The van der Waals surface area contributed by atoms with Gasteiger partial charge in [-0.15, -0.1) is 11.3 Å². The zero-order chi connectivity index (χ0) is 10.9. The lowest BCUT2D eigenvalue weighted by Gasteiger charge is -2.28. The maximum Gasteiger partial charge on any atom is 0.107 e. The van der Waals surface area contributed by atoms with Crippen LogP contribution in [0.15, 0.2) is 0 Å². The summed E-state index contributed by atoms with van der Waals surface area (Å²) >= 11 is 1.90. The van der Waals surface area contributed by atoms with Crippen LogP contribution in [0.4, 0.5) is 0 Å². The van der Waals surface area contributed by atoms with Gasteiger partial charge in [-0.2, -0.15) is 0 Å². The topological polar surface area (TPSA) is 24.9 Å². The van der Waals surface area contributed by atoms with Crippen LogP contribution >= 0.6 is 11.3 Å². The monoisotopic (exact) mass is 224 g/mol. The molecule has 0 bridgehead atoms. The molecule has 84 valence electrons. The van der Waals surface area contributed by atoms with E-state index in [2.05, 4.69) is 26.1 Å². The van der Waals surface area contributed by atoms with E-state index in [1.165, 1.54) is 34.8 Å². The SMILES string of the molecule is CCNCc1nc2c(s1)CC(C)(C)CC2. The number of fused-ring (bicyclic) bond motifs is 1. The lowest BCUT2D eigenvalue weighted by molar-refractivity contribution is 0.316. The number of hydrogen-bond donors (Lipinski definition) is 1. The molecule has 1 aliphatic rings. The van der Waals surface area contributed by atoms with E-state index in [1.807, 2.05) is 11.3 Å². The van der Waals surface area contributed by atoms with Crippen molar-refractivity contribution in [2.24, 2.45) is 5.41 Å². The Bertz CT molecular complexity index is 341. The van der Waals surface area contributed by atoms with E-state index in [0.29, 0.717) is 5.41 Å². The van der Waals surface area contributed by atoms with Crippen LogP contribution in [0.25, 0.3) is 0 Å². The molecule has 1 aliphatic carbocycles. The number of nitrogens with one attached hydrogen (secondary N) is 1. The van der Waals surface area contributed by atoms with Gasteiger partial charge in [-0.3, -0.25) is 0 Å². The van der Waals surface area contributed by atoms with Crippen molar-refractivity contribution >= 4 is 11.3 Å². The van der Waals surface area contributed by atoms with Crippen molar-refractivity contribution in [3.05, 3.63) is 15.6 Å². The Balaban J connectivity index is 2.11. The molecule has 3 heteroatoms. The molecule has 0 aliphatic heterocycles. The van der Waals surface area contributed by atoms with Crippen LogP contribution in [0.2, 0.25) is 0 Å². The van der Waals surface area contributed by atoms with Gasteiger partial charge in [0.2, 0.25) is 0 Å². The summed E-state index contributed by atoms with van der Waals surface area (Å²) < 4.78 is 0. The van der Waals surface area contributed by atoms with Gasteiger partial charge in [0.25, 0.3) is 0 Å². The van der Waals surface area contributed by atoms with Gasteiger partial charge in [0.05, 0.1) is 5.69 Å². The first kappa shape index (κ1) is 11.1. The van der Waals surface area contributed by atoms with E-state index in [-0.39, 0.29) is 0 Å². The summed E-state index contributed by atoms with van der Waals surface area (Å²) in [6, 6.07) is 0. The molecule has 15 heavy (non-hydrogen) atoms. The molecule has 1 N–H and O–H groups in total. The Kier molecular flexibility index (Phi) is 3.12. The van der Waals surface area contributed by atoms with Gasteiger partial charge in [0.15, 0.2) is 0 Å².